The van der Waals surface area contributed by atoms with Gasteiger partial charge in [-0.15, -0.1) is 0 Å². The molecule has 5 nitrogen and oxygen atoms in total. The SMILES string of the molecule is Cc1cc(N)ccc1Oc1cc(=O)[nH]c(C(C)C)n1. The molecule has 0 radical (unpaired) electrons. The van der Waals surface area contributed by atoms with Crippen molar-refractivity contribution in [3.63, 3.8) is 0 Å². The molecule has 0 aliphatic rings. The van der Waals surface area contributed by atoms with Gasteiger partial charge in [0.2, 0.25) is 5.88 Å². The highest BCUT2D eigenvalue weighted by molar-refractivity contribution is 5.48. The number of hydrogen-bond donors (Lipinski definition) is 2. The minimum Gasteiger partial charge on any atom is -0.438 e. The van der Waals surface area contributed by atoms with E-state index in [9.17, 15) is 4.79 Å². The Morgan fingerprint density at radius 3 is 2.68 bits per heavy atom. The summed E-state index contributed by atoms with van der Waals surface area (Å²) in [6, 6.07) is 6.66. The zero-order valence-corrected chi connectivity index (χ0v) is 11.2. The molecule has 19 heavy (non-hydrogen) atoms. The second-order valence-corrected chi connectivity index (χ2v) is 4.75. The maximum Gasteiger partial charge on any atom is 0.254 e. The number of ether oxygens (including phenoxy) is 1. The van der Waals surface area contributed by atoms with Crippen LogP contribution in [0.2, 0.25) is 0 Å². The lowest BCUT2D eigenvalue weighted by molar-refractivity contribution is 0.452. The summed E-state index contributed by atoms with van der Waals surface area (Å²) in [5.41, 5.74) is 7.03. The molecule has 1 aromatic carbocycles. The van der Waals surface area contributed by atoms with E-state index in [1.165, 1.54) is 6.07 Å². The highest BCUT2D eigenvalue weighted by Gasteiger charge is 2.08. The third kappa shape index (κ3) is 3.13. The smallest absolute Gasteiger partial charge is 0.254 e. The molecule has 0 atom stereocenters. The number of nitrogen functional groups attached to an aromatic ring is 1. The highest BCUT2D eigenvalue weighted by Crippen LogP contribution is 2.25. The van der Waals surface area contributed by atoms with E-state index in [1.54, 1.807) is 12.1 Å². The quantitative estimate of drug-likeness (QED) is 0.830. The van der Waals surface area contributed by atoms with Gasteiger partial charge in [0.05, 0.1) is 6.07 Å². The van der Waals surface area contributed by atoms with Crippen molar-refractivity contribution in [1.29, 1.82) is 0 Å². The average molecular weight is 259 g/mol. The van der Waals surface area contributed by atoms with Crippen molar-refractivity contribution in [2.45, 2.75) is 26.7 Å². The summed E-state index contributed by atoms with van der Waals surface area (Å²) in [5, 5.41) is 0. The molecule has 0 unspecified atom stereocenters. The third-order valence-electron chi connectivity index (χ3n) is 2.70. The van der Waals surface area contributed by atoms with E-state index in [1.807, 2.05) is 26.8 Å². The highest BCUT2D eigenvalue weighted by atomic mass is 16.5. The monoisotopic (exact) mass is 259 g/mol. The number of anilines is 1. The molecule has 3 N–H and O–H groups in total. The number of aryl methyl sites for hydroxylation is 1. The first-order chi connectivity index (χ1) is 8.95. The fourth-order valence-electron chi connectivity index (χ4n) is 1.68. The number of nitrogens with one attached hydrogen (secondary N) is 1. The molecule has 0 amide bonds. The second-order valence-electron chi connectivity index (χ2n) is 4.75. The van der Waals surface area contributed by atoms with Crippen molar-refractivity contribution in [3.05, 3.63) is 46.0 Å². The predicted molar refractivity (Wildman–Crippen MR) is 74.6 cm³/mol. The molecule has 0 aliphatic heterocycles. The van der Waals surface area contributed by atoms with Crippen LogP contribution < -0.4 is 16.0 Å². The standard InChI is InChI=1S/C14H17N3O2/c1-8(2)14-16-12(18)7-13(17-14)19-11-5-4-10(15)6-9(11)3/h4-8H,15H2,1-3H3,(H,16,17,18). The van der Waals surface area contributed by atoms with Crippen LogP contribution in [0.1, 0.15) is 31.2 Å². The molecule has 0 fully saturated rings. The lowest BCUT2D eigenvalue weighted by atomic mass is 10.2. The van der Waals surface area contributed by atoms with Gasteiger partial charge in [-0.25, -0.2) is 0 Å². The van der Waals surface area contributed by atoms with Gasteiger partial charge in [0.25, 0.3) is 5.56 Å². The first-order valence-electron chi connectivity index (χ1n) is 6.11. The number of rotatable bonds is 3. The normalized spacial score (nSPS) is 10.7. The van der Waals surface area contributed by atoms with E-state index >= 15 is 0 Å². The molecule has 0 saturated heterocycles. The van der Waals surface area contributed by atoms with Gasteiger partial charge < -0.3 is 15.5 Å². The van der Waals surface area contributed by atoms with Crippen molar-refractivity contribution in [2.75, 3.05) is 5.73 Å². The maximum atomic E-state index is 11.5. The minimum absolute atomic E-state index is 0.128. The molecule has 0 saturated carbocycles. The van der Waals surface area contributed by atoms with Crippen molar-refractivity contribution < 1.29 is 4.74 Å². The molecule has 5 heteroatoms. The first-order valence-corrected chi connectivity index (χ1v) is 6.11. The molecule has 1 heterocycles. The van der Waals surface area contributed by atoms with Crippen LogP contribution in [-0.2, 0) is 0 Å². The number of benzene rings is 1. The van der Waals surface area contributed by atoms with Gasteiger partial charge in [0.15, 0.2) is 0 Å². The third-order valence-corrected chi connectivity index (χ3v) is 2.70. The second kappa shape index (κ2) is 5.14. The van der Waals surface area contributed by atoms with E-state index in [-0.39, 0.29) is 11.5 Å². The zero-order valence-electron chi connectivity index (χ0n) is 11.2. The summed E-state index contributed by atoms with van der Waals surface area (Å²) >= 11 is 0. The minimum atomic E-state index is -0.221. The van der Waals surface area contributed by atoms with Crippen LogP contribution >= 0.6 is 0 Å². The van der Waals surface area contributed by atoms with Crippen LogP contribution in [0.3, 0.4) is 0 Å². The van der Waals surface area contributed by atoms with Gasteiger partial charge in [-0.05, 0) is 30.7 Å². The molecule has 1 aromatic heterocycles. The number of nitrogens with two attached hydrogens (primary N) is 1. The Labute approximate surface area is 111 Å². The molecule has 0 spiro atoms. The van der Waals surface area contributed by atoms with Crippen molar-refractivity contribution in [2.24, 2.45) is 0 Å². The Balaban J connectivity index is 2.35. The average Bonchev–Trinajstić information content (AvgIpc) is 2.32. The van der Waals surface area contributed by atoms with Gasteiger partial charge in [0, 0.05) is 11.6 Å². The van der Waals surface area contributed by atoms with Crippen LogP contribution in [-0.4, -0.2) is 9.97 Å². The number of nitrogens with zero attached hydrogens (tertiary/aromatic N) is 1. The summed E-state index contributed by atoms with van der Waals surface area (Å²) in [6.07, 6.45) is 0. The Morgan fingerprint density at radius 2 is 2.05 bits per heavy atom. The summed E-state index contributed by atoms with van der Waals surface area (Å²) < 4.78 is 5.65. The Kier molecular flexibility index (Phi) is 3.55. The number of H-pyrrole nitrogens is 1. The largest absolute Gasteiger partial charge is 0.438 e. The number of aromatic amines is 1. The van der Waals surface area contributed by atoms with Gasteiger partial charge >= 0.3 is 0 Å². The number of aromatic nitrogens is 2. The van der Waals surface area contributed by atoms with Gasteiger partial charge in [-0.2, -0.15) is 4.98 Å². The van der Waals surface area contributed by atoms with Gasteiger partial charge in [-0.3, -0.25) is 4.79 Å². The van der Waals surface area contributed by atoms with Crippen molar-refractivity contribution in [3.8, 4) is 11.6 Å². The lowest BCUT2D eigenvalue weighted by Crippen LogP contribution is -2.12. The van der Waals surface area contributed by atoms with Crippen molar-refractivity contribution >= 4 is 5.69 Å². The fourth-order valence-corrected chi connectivity index (χ4v) is 1.68. The molecule has 2 aromatic rings. The Bertz CT molecular complexity index is 647. The molecule has 100 valence electrons. The topological polar surface area (TPSA) is 81.0 Å². The summed E-state index contributed by atoms with van der Waals surface area (Å²) in [6.45, 7) is 5.80. The van der Waals surface area contributed by atoms with Crippen LogP contribution in [0.4, 0.5) is 5.69 Å². The van der Waals surface area contributed by atoms with Crippen LogP contribution in [0.5, 0.6) is 11.6 Å². The van der Waals surface area contributed by atoms with E-state index in [4.69, 9.17) is 10.5 Å². The molecule has 0 bridgehead atoms. The van der Waals surface area contributed by atoms with E-state index < -0.39 is 0 Å². The molecule has 0 aliphatic carbocycles. The fraction of sp³-hybridized carbons (Fsp3) is 0.286. The zero-order chi connectivity index (χ0) is 14.0. The molecule has 2 rings (SSSR count). The van der Waals surface area contributed by atoms with E-state index in [2.05, 4.69) is 9.97 Å². The van der Waals surface area contributed by atoms with Crippen molar-refractivity contribution in [1.82, 2.24) is 9.97 Å². The summed E-state index contributed by atoms with van der Waals surface area (Å²) in [5.74, 6) is 1.67. The van der Waals surface area contributed by atoms with E-state index in [0.29, 0.717) is 23.1 Å². The maximum absolute atomic E-state index is 11.5. The van der Waals surface area contributed by atoms with Gasteiger partial charge in [-0.1, -0.05) is 13.8 Å². The summed E-state index contributed by atoms with van der Waals surface area (Å²) in [4.78, 5) is 18.5. The predicted octanol–water partition coefficient (Wildman–Crippen LogP) is 2.58. The van der Waals surface area contributed by atoms with Gasteiger partial charge in [0.1, 0.15) is 11.6 Å². The Hall–Kier alpha value is -2.30. The Morgan fingerprint density at radius 1 is 1.32 bits per heavy atom. The first kappa shape index (κ1) is 13.1. The van der Waals surface area contributed by atoms with Crippen LogP contribution in [0.15, 0.2) is 29.1 Å². The number of hydrogen-bond acceptors (Lipinski definition) is 4. The molecular weight excluding hydrogens is 242 g/mol. The van der Waals surface area contributed by atoms with Crippen LogP contribution in [0.25, 0.3) is 0 Å². The summed E-state index contributed by atoms with van der Waals surface area (Å²) in [7, 11) is 0. The molecular formula is C14H17N3O2. The lowest BCUT2D eigenvalue weighted by Gasteiger charge is -2.10. The van der Waals surface area contributed by atoms with Crippen LogP contribution in [0, 0.1) is 6.92 Å². The van der Waals surface area contributed by atoms with E-state index in [0.717, 1.165) is 5.56 Å².